The number of amides is 1. The van der Waals surface area contributed by atoms with Crippen LogP contribution in [0, 0.1) is 11.8 Å². The first-order valence-corrected chi connectivity index (χ1v) is 7.89. The number of carbonyl (C=O) groups is 1. The third kappa shape index (κ3) is 4.46. The van der Waals surface area contributed by atoms with Crippen molar-refractivity contribution in [1.29, 1.82) is 0 Å². The van der Waals surface area contributed by atoms with Crippen molar-refractivity contribution in [3.8, 4) is 0 Å². The molecular formula is C15H29N3O. The van der Waals surface area contributed by atoms with Crippen LogP contribution in [0.3, 0.4) is 0 Å². The SMILES string of the molecule is CC1CCCN(C(=O)CN2CCC(CCN)CC2)C1. The molecule has 0 bridgehead atoms. The van der Waals surface area contributed by atoms with E-state index in [-0.39, 0.29) is 0 Å². The number of hydrogen-bond acceptors (Lipinski definition) is 3. The number of hydrogen-bond donors (Lipinski definition) is 1. The van der Waals surface area contributed by atoms with Crippen molar-refractivity contribution in [1.82, 2.24) is 9.80 Å². The Morgan fingerprint density at radius 1 is 1.21 bits per heavy atom. The molecule has 2 saturated heterocycles. The normalized spacial score (nSPS) is 26.6. The molecule has 1 atom stereocenters. The summed E-state index contributed by atoms with van der Waals surface area (Å²) in [6.45, 7) is 7.74. The van der Waals surface area contributed by atoms with Gasteiger partial charge in [-0.2, -0.15) is 0 Å². The van der Waals surface area contributed by atoms with E-state index in [2.05, 4.69) is 16.7 Å². The van der Waals surface area contributed by atoms with E-state index in [0.717, 1.165) is 45.1 Å². The van der Waals surface area contributed by atoms with Crippen molar-refractivity contribution >= 4 is 5.91 Å². The van der Waals surface area contributed by atoms with E-state index >= 15 is 0 Å². The Labute approximate surface area is 117 Å². The molecule has 0 saturated carbocycles. The van der Waals surface area contributed by atoms with Crippen molar-refractivity contribution in [3.63, 3.8) is 0 Å². The van der Waals surface area contributed by atoms with Gasteiger partial charge in [0.05, 0.1) is 6.54 Å². The number of nitrogens with zero attached hydrogens (tertiary/aromatic N) is 2. The lowest BCUT2D eigenvalue weighted by Crippen LogP contribution is -2.46. The molecule has 0 aromatic rings. The van der Waals surface area contributed by atoms with Crippen LogP contribution in [0.1, 0.15) is 39.0 Å². The second kappa shape index (κ2) is 7.25. The minimum absolute atomic E-state index is 0.337. The number of rotatable bonds is 4. The summed E-state index contributed by atoms with van der Waals surface area (Å²) in [7, 11) is 0. The Balaban J connectivity index is 1.71. The lowest BCUT2D eigenvalue weighted by Gasteiger charge is -2.35. The van der Waals surface area contributed by atoms with Crippen LogP contribution >= 0.6 is 0 Å². The zero-order valence-corrected chi connectivity index (χ0v) is 12.3. The first kappa shape index (κ1) is 14.8. The average molecular weight is 267 g/mol. The zero-order chi connectivity index (χ0) is 13.7. The molecule has 0 radical (unpaired) electrons. The minimum Gasteiger partial charge on any atom is -0.341 e. The molecule has 110 valence electrons. The Morgan fingerprint density at radius 2 is 1.95 bits per heavy atom. The van der Waals surface area contributed by atoms with Crippen LogP contribution in [0.2, 0.25) is 0 Å². The highest BCUT2D eigenvalue weighted by atomic mass is 16.2. The zero-order valence-electron chi connectivity index (χ0n) is 12.3. The van der Waals surface area contributed by atoms with Crippen molar-refractivity contribution in [2.75, 3.05) is 39.3 Å². The number of piperidine rings is 2. The van der Waals surface area contributed by atoms with E-state index in [1.54, 1.807) is 0 Å². The van der Waals surface area contributed by atoms with E-state index in [1.807, 2.05) is 0 Å². The minimum atomic E-state index is 0.337. The Bertz CT molecular complexity index is 287. The second-order valence-corrected chi connectivity index (χ2v) is 6.38. The van der Waals surface area contributed by atoms with Crippen LogP contribution in [-0.2, 0) is 4.79 Å². The molecule has 1 amide bonds. The lowest BCUT2D eigenvalue weighted by molar-refractivity contribution is -0.134. The van der Waals surface area contributed by atoms with Crippen LogP contribution in [0.25, 0.3) is 0 Å². The van der Waals surface area contributed by atoms with Gasteiger partial charge in [-0.3, -0.25) is 9.69 Å². The van der Waals surface area contributed by atoms with Gasteiger partial charge in [0.2, 0.25) is 5.91 Å². The van der Waals surface area contributed by atoms with E-state index < -0.39 is 0 Å². The van der Waals surface area contributed by atoms with Crippen molar-refractivity contribution in [2.24, 2.45) is 17.6 Å². The standard InChI is InChI=1S/C15H29N3O/c1-13-3-2-8-18(11-13)15(19)12-17-9-5-14(4-7-16)6-10-17/h13-14H,2-12,16H2,1H3. The summed E-state index contributed by atoms with van der Waals surface area (Å²) in [5.41, 5.74) is 5.61. The van der Waals surface area contributed by atoms with Gasteiger partial charge in [-0.1, -0.05) is 6.92 Å². The molecule has 2 heterocycles. The molecule has 0 spiro atoms. The fourth-order valence-corrected chi connectivity index (χ4v) is 3.38. The summed E-state index contributed by atoms with van der Waals surface area (Å²) in [6.07, 6.45) is 6.01. The summed E-state index contributed by atoms with van der Waals surface area (Å²) in [4.78, 5) is 16.7. The highest BCUT2D eigenvalue weighted by molar-refractivity contribution is 5.78. The quantitative estimate of drug-likeness (QED) is 0.835. The molecule has 4 heteroatoms. The van der Waals surface area contributed by atoms with Crippen LogP contribution < -0.4 is 5.73 Å². The average Bonchev–Trinajstić information content (AvgIpc) is 2.41. The van der Waals surface area contributed by atoms with E-state index in [4.69, 9.17) is 5.73 Å². The molecule has 2 rings (SSSR count). The van der Waals surface area contributed by atoms with Crippen molar-refractivity contribution < 1.29 is 4.79 Å². The molecule has 2 aliphatic rings. The monoisotopic (exact) mass is 267 g/mol. The largest absolute Gasteiger partial charge is 0.341 e. The van der Waals surface area contributed by atoms with Crippen LogP contribution in [0.15, 0.2) is 0 Å². The molecule has 4 nitrogen and oxygen atoms in total. The van der Waals surface area contributed by atoms with Gasteiger partial charge in [0, 0.05) is 13.1 Å². The van der Waals surface area contributed by atoms with Gasteiger partial charge in [0.15, 0.2) is 0 Å². The highest BCUT2D eigenvalue weighted by Crippen LogP contribution is 2.20. The molecule has 0 aliphatic carbocycles. The molecular weight excluding hydrogens is 238 g/mol. The molecule has 2 fully saturated rings. The van der Waals surface area contributed by atoms with Gasteiger partial charge < -0.3 is 10.6 Å². The fraction of sp³-hybridized carbons (Fsp3) is 0.933. The molecule has 2 N–H and O–H groups in total. The van der Waals surface area contributed by atoms with E-state index in [0.29, 0.717) is 18.4 Å². The number of carbonyl (C=O) groups excluding carboxylic acids is 1. The van der Waals surface area contributed by atoms with Crippen LogP contribution in [0.5, 0.6) is 0 Å². The van der Waals surface area contributed by atoms with Gasteiger partial charge in [-0.25, -0.2) is 0 Å². The van der Waals surface area contributed by atoms with Crippen molar-refractivity contribution in [2.45, 2.75) is 39.0 Å². The molecule has 19 heavy (non-hydrogen) atoms. The summed E-state index contributed by atoms with van der Waals surface area (Å²) in [5, 5.41) is 0. The predicted octanol–water partition coefficient (Wildman–Crippen LogP) is 1.31. The smallest absolute Gasteiger partial charge is 0.236 e. The number of likely N-dealkylation sites (tertiary alicyclic amines) is 2. The highest BCUT2D eigenvalue weighted by Gasteiger charge is 2.25. The summed E-state index contributed by atoms with van der Waals surface area (Å²) in [6, 6.07) is 0. The summed E-state index contributed by atoms with van der Waals surface area (Å²) >= 11 is 0. The maximum absolute atomic E-state index is 12.3. The molecule has 0 aromatic carbocycles. The Kier molecular flexibility index (Phi) is 5.64. The third-order valence-electron chi connectivity index (χ3n) is 4.65. The van der Waals surface area contributed by atoms with E-state index in [1.165, 1.54) is 25.7 Å². The maximum atomic E-state index is 12.3. The topological polar surface area (TPSA) is 49.6 Å². The van der Waals surface area contributed by atoms with Gasteiger partial charge in [-0.15, -0.1) is 0 Å². The fourth-order valence-electron chi connectivity index (χ4n) is 3.38. The van der Waals surface area contributed by atoms with Gasteiger partial charge in [0.25, 0.3) is 0 Å². The van der Waals surface area contributed by atoms with Gasteiger partial charge in [-0.05, 0) is 63.6 Å². The Morgan fingerprint density at radius 3 is 2.58 bits per heavy atom. The Hall–Kier alpha value is -0.610. The summed E-state index contributed by atoms with van der Waals surface area (Å²) in [5.74, 6) is 1.79. The van der Waals surface area contributed by atoms with Crippen molar-refractivity contribution in [3.05, 3.63) is 0 Å². The van der Waals surface area contributed by atoms with Crippen LogP contribution in [0.4, 0.5) is 0 Å². The van der Waals surface area contributed by atoms with Crippen LogP contribution in [-0.4, -0.2) is 55.0 Å². The molecule has 0 aromatic heterocycles. The predicted molar refractivity (Wildman–Crippen MR) is 77.8 cm³/mol. The van der Waals surface area contributed by atoms with E-state index in [9.17, 15) is 4.79 Å². The first-order chi connectivity index (χ1) is 9.19. The molecule has 1 unspecified atom stereocenters. The summed E-state index contributed by atoms with van der Waals surface area (Å²) < 4.78 is 0. The van der Waals surface area contributed by atoms with Gasteiger partial charge in [0.1, 0.15) is 0 Å². The number of nitrogens with two attached hydrogens (primary N) is 1. The third-order valence-corrected chi connectivity index (χ3v) is 4.65. The lowest BCUT2D eigenvalue weighted by atomic mass is 9.93. The first-order valence-electron chi connectivity index (χ1n) is 7.89. The maximum Gasteiger partial charge on any atom is 0.236 e. The molecule has 2 aliphatic heterocycles. The second-order valence-electron chi connectivity index (χ2n) is 6.38. The van der Waals surface area contributed by atoms with Gasteiger partial charge >= 0.3 is 0 Å².